The molecular weight excluding hydrogens is 228 g/mol. The van der Waals surface area contributed by atoms with Gasteiger partial charge in [0.1, 0.15) is 5.82 Å². The summed E-state index contributed by atoms with van der Waals surface area (Å²) < 4.78 is 12.6. The predicted molar refractivity (Wildman–Crippen MR) is 52.9 cm³/mol. The Morgan fingerprint density at radius 2 is 1.65 bits per heavy atom. The van der Waals surface area contributed by atoms with E-state index in [1.807, 2.05) is 0 Å². The Hall–Kier alpha value is -2.24. The van der Waals surface area contributed by atoms with Gasteiger partial charge in [-0.15, -0.1) is 5.06 Å². The van der Waals surface area contributed by atoms with Crippen LogP contribution in [0, 0.1) is 5.82 Å². The van der Waals surface area contributed by atoms with E-state index in [0.717, 1.165) is 12.1 Å². The van der Waals surface area contributed by atoms with Crippen molar-refractivity contribution in [2.75, 3.05) is 0 Å². The van der Waals surface area contributed by atoms with Crippen LogP contribution in [0.25, 0.3) is 0 Å². The third kappa shape index (κ3) is 2.30. The summed E-state index contributed by atoms with van der Waals surface area (Å²) in [6.45, 7) is 0. The fourth-order valence-electron chi connectivity index (χ4n) is 1.38. The minimum Gasteiger partial charge on any atom is -0.325 e. The molecule has 5 nitrogen and oxygen atoms in total. The quantitative estimate of drug-likeness (QED) is 0.720. The Morgan fingerprint density at radius 3 is 2.18 bits per heavy atom. The average Bonchev–Trinajstić information content (AvgIpc) is 2.61. The smallest absolute Gasteiger partial charge is 0.325 e. The summed E-state index contributed by atoms with van der Waals surface area (Å²) in [4.78, 5) is 38.5. The average molecular weight is 236 g/mol. The summed E-state index contributed by atoms with van der Waals surface area (Å²) in [6, 6.07) is 4.60. The van der Waals surface area contributed by atoms with E-state index in [1.165, 1.54) is 12.1 Å². The first-order valence-corrected chi connectivity index (χ1v) is 4.91. The Labute approximate surface area is 95.7 Å². The van der Waals surface area contributed by atoms with Crippen LogP contribution in [-0.2, 0) is 14.4 Å². The van der Waals surface area contributed by atoms with Gasteiger partial charge in [-0.05, 0) is 24.3 Å². The summed E-state index contributed by atoms with van der Waals surface area (Å²) in [5.41, 5.74) is 0.0684. The molecule has 0 saturated carbocycles. The molecular formula is C11H8FNO4. The molecule has 2 rings (SSSR count). The maximum absolute atomic E-state index is 12.6. The number of hydrogen-bond donors (Lipinski definition) is 0. The van der Waals surface area contributed by atoms with Gasteiger partial charge in [0.2, 0.25) is 0 Å². The van der Waals surface area contributed by atoms with Crippen LogP contribution in [0.3, 0.4) is 0 Å². The van der Waals surface area contributed by atoms with Crippen LogP contribution < -0.4 is 0 Å². The fourth-order valence-corrected chi connectivity index (χ4v) is 1.38. The lowest BCUT2D eigenvalue weighted by molar-refractivity contribution is -0.172. The van der Waals surface area contributed by atoms with Gasteiger partial charge in [-0.1, -0.05) is 0 Å². The van der Waals surface area contributed by atoms with Crippen LogP contribution in [0.4, 0.5) is 4.39 Å². The van der Waals surface area contributed by atoms with Crippen LogP contribution in [-0.4, -0.2) is 22.8 Å². The number of hydrogen-bond acceptors (Lipinski definition) is 4. The Morgan fingerprint density at radius 1 is 1.12 bits per heavy atom. The highest BCUT2D eigenvalue weighted by Gasteiger charge is 2.33. The maximum atomic E-state index is 12.6. The zero-order valence-electron chi connectivity index (χ0n) is 8.68. The second-order valence-electron chi connectivity index (χ2n) is 3.47. The van der Waals surface area contributed by atoms with Crippen molar-refractivity contribution in [3.63, 3.8) is 0 Å². The summed E-state index contributed by atoms with van der Waals surface area (Å²) in [5, 5.41) is 0.450. The van der Waals surface area contributed by atoms with E-state index in [9.17, 15) is 18.8 Å². The Balaban J connectivity index is 2.09. The van der Waals surface area contributed by atoms with Crippen molar-refractivity contribution >= 4 is 17.8 Å². The molecule has 1 saturated heterocycles. The molecule has 0 N–H and O–H groups in total. The highest BCUT2D eigenvalue weighted by atomic mass is 19.1. The summed E-state index contributed by atoms with van der Waals surface area (Å²) >= 11 is 0. The number of amides is 2. The molecule has 0 radical (unpaired) electrons. The number of hydroxylamine groups is 2. The molecule has 2 amide bonds. The molecule has 1 aromatic rings. The minimum atomic E-state index is -0.867. The molecule has 0 unspecified atom stereocenters. The highest BCUT2D eigenvalue weighted by molar-refractivity contribution is 6.02. The highest BCUT2D eigenvalue weighted by Crippen LogP contribution is 2.14. The van der Waals surface area contributed by atoms with Crippen LogP contribution in [0.5, 0.6) is 0 Å². The van der Waals surface area contributed by atoms with Crippen molar-refractivity contribution in [3.8, 4) is 0 Å². The van der Waals surface area contributed by atoms with Gasteiger partial charge in [0.15, 0.2) is 0 Å². The lowest BCUT2D eigenvalue weighted by atomic mass is 9.94. The number of halogens is 1. The van der Waals surface area contributed by atoms with Crippen molar-refractivity contribution in [2.24, 2.45) is 0 Å². The molecule has 1 fully saturated rings. The predicted octanol–water partition coefficient (Wildman–Crippen LogP) is 1.05. The lowest BCUT2D eigenvalue weighted by Crippen LogP contribution is -2.32. The second-order valence-corrected chi connectivity index (χ2v) is 3.47. The first-order valence-electron chi connectivity index (χ1n) is 4.91. The van der Waals surface area contributed by atoms with Gasteiger partial charge in [-0.25, -0.2) is 9.18 Å². The lowest BCUT2D eigenvalue weighted by Gasteiger charge is -2.12. The molecule has 6 heteroatoms. The first kappa shape index (κ1) is 11.3. The number of carbonyl (C=O) groups is 3. The van der Waals surface area contributed by atoms with Crippen molar-refractivity contribution in [3.05, 3.63) is 35.6 Å². The molecule has 0 bridgehead atoms. The van der Waals surface area contributed by atoms with Crippen molar-refractivity contribution in [1.29, 1.82) is 0 Å². The van der Waals surface area contributed by atoms with Gasteiger partial charge in [0, 0.05) is 12.8 Å². The van der Waals surface area contributed by atoms with Crippen LogP contribution in [0.1, 0.15) is 23.2 Å². The number of carbonyl (C=O) groups excluding carboxylic acids is 3. The van der Waals surface area contributed by atoms with E-state index in [1.54, 1.807) is 0 Å². The Kier molecular flexibility index (Phi) is 2.86. The maximum Gasteiger partial charge on any atom is 0.363 e. The monoisotopic (exact) mass is 236 g/mol. The summed E-state index contributed by atoms with van der Waals surface area (Å²) in [7, 11) is 0. The van der Waals surface area contributed by atoms with Crippen molar-refractivity contribution in [2.45, 2.75) is 12.8 Å². The van der Waals surface area contributed by atoms with E-state index >= 15 is 0 Å². The van der Waals surface area contributed by atoms with E-state index in [2.05, 4.69) is 4.84 Å². The minimum absolute atomic E-state index is 0.0372. The third-order valence-electron chi connectivity index (χ3n) is 2.26. The van der Waals surface area contributed by atoms with Gasteiger partial charge in [-0.2, -0.15) is 0 Å². The number of rotatable bonds is 2. The number of benzene rings is 1. The van der Waals surface area contributed by atoms with Gasteiger partial charge >= 0.3 is 5.97 Å². The summed E-state index contributed by atoms with van der Waals surface area (Å²) in [5.74, 6) is -2.46. The fraction of sp³-hybridized carbons (Fsp3) is 0.182. The van der Waals surface area contributed by atoms with Crippen molar-refractivity contribution in [1.82, 2.24) is 5.06 Å². The molecule has 1 aliphatic heterocycles. The molecule has 1 aliphatic rings. The molecule has 0 aromatic heterocycles. The van der Waals surface area contributed by atoms with Gasteiger partial charge in [0.25, 0.3) is 11.8 Å². The molecule has 0 spiro atoms. The topological polar surface area (TPSA) is 63.7 Å². The van der Waals surface area contributed by atoms with Gasteiger partial charge in [0.05, 0.1) is 5.56 Å². The SMILES string of the molecule is O=C1CCC(=O)N1O[11C](=O)c1ccc(F)cc1. The number of imide groups is 1. The van der Waals surface area contributed by atoms with Crippen LogP contribution in [0.15, 0.2) is 24.3 Å². The molecule has 1 heterocycles. The largest absolute Gasteiger partial charge is 0.363 e. The van der Waals surface area contributed by atoms with E-state index in [4.69, 9.17) is 0 Å². The van der Waals surface area contributed by atoms with Gasteiger partial charge in [-0.3, -0.25) is 9.59 Å². The second kappa shape index (κ2) is 4.32. The molecule has 0 atom stereocenters. The van der Waals surface area contributed by atoms with E-state index < -0.39 is 23.6 Å². The standard InChI is InChI=1S/C11H8FNO4/c12-8-3-1-7(2-4-8)11(16)17-13-9(14)5-6-10(13)15/h1-4H,5-6H2/i11-1. The first-order chi connectivity index (χ1) is 8.08. The molecule has 0 aliphatic carbocycles. The Bertz CT molecular complexity index is 467. The van der Waals surface area contributed by atoms with Crippen LogP contribution >= 0.6 is 0 Å². The third-order valence-corrected chi connectivity index (χ3v) is 2.26. The van der Waals surface area contributed by atoms with E-state index in [0.29, 0.717) is 5.06 Å². The van der Waals surface area contributed by atoms with E-state index in [-0.39, 0.29) is 18.4 Å². The molecule has 88 valence electrons. The zero-order chi connectivity index (χ0) is 12.4. The van der Waals surface area contributed by atoms with Crippen LogP contribution in [0.2, 0.25) is 0 Å². The van der Waals surface area contributed by atoms with Gasteiger partial charge < -0.3 is 4.84 Å². The number of nitrogens with zero attached hydrogens (tertiary/aromatic N) is 1. The molecule has 17 heavy (non-hydrogen) atoms. The zero-order valence-corrected chi connectivity index (χ0v) is 8.68. The molecule has 1 aromatic carbocycles. The van der Waals surface area contributed by atoms with Crippen molar-refractivity contribution < 1.29 is 23.6 Å². The normalized spacial score (nSPS) is 15.2. The summed E-state index contributed by atoms with van der Waals surface area (Å²) in [6.07, 6.45) is 0.0745.